The molecule has 0 bridgehead atoms. The van der Waals surface area contributed by atoms with Gasteiger partial charge in [-0.1, -0.05) is 24.3 Å². The third-order valence-electron chi connectivity index (χ3n) is 3.44. The van der Waals surface area contributed by atoms with Gasteiger partial charge < -0.3 is 5.32 Å². The van der Waals surface area contributed by atoms with Crippen molar-refractivity contribution >= 4 is 5.82 Å². The third-order valence-corrected chi connectivity index (χ3v) is 3.44. The normalized spacial score (nSPS) is 18.6. The Balaban J connectivity index is 2.08. The summed E-state index contributed by atoms with van der Waals surface area (Å²) in [7, 11) is 0. The lowest BCUT2D eigenvalue weighted by molar-refractivity contribution is 0.454. The molecule has 1 aliphatic rings. The van der Waals surface area contributed by atoms with E-state index in [1.54, 1.807) is 0 Å². The van der Waals surface area contributed by atoms with Crippen LogP contribution in [0.3, 0.4) is 0 Å². The fourth-order valence-electron chi connectivity index (χ4n) is 2.39. The molecule has 0 radical (unpaired) electrons. The first-order chi connectivity index (χ1) is 8.25. The SMILES string of the molecule is Cc1ccccc1-c1cc2n(n1)C(C)CCN2. The number of hydrogen-bond donors (Lipinski definition) is 1. The van der Waals surface area contributed by atoms with Gasteiger partial charge in [0.25, 0.3) is 0 Å². The topological polar surface area (TPSA) is 29.9 Å². The first-order valence-electron chi connectivity index (χ1n) is 6.15. The van der Waals surface area contributed by atoms with Crippen LogP contribution in [0.25, 0.3) is 11.3 Å². The van der Waals surface area contributed by atoms with E-state index in [2.05, 4.69) is 54.2 Å². The average molecular weight is 227 g/mol. The zero-order valence-corrected chi connectivity index (χ0v) is 10.3. The van der Waals surface area contributed by atoms with E-state index in [-0.39, 0.29) is 0 Å². The Bertz CT molecular complexity index is 542. The summed E-state index contributed by atoms with van der Waals surface area (Å²) >= 11 is 0. The van der Waals surface area contributed by atoms with E-state index in [9.17, 15) is 0 Å². The Morgan fingerprint density at radius 3 is 2.94 bits per heavy atom. The minimum absolute atomic E-state index is 0.490. The lowest BCUT2D eigenvalue weighted by Gasteiger charge is -2.21. The van der Waals surface area contributed by atoms with Crippen LogP contribution in [0.15, 0.2) is 30.3 Å². The van der Waals surface area contributed by atoms with Gasteiger partial charge in [0.05, 0.1) is 11.7 Å². The molecular formula is C14H17N3. The molecule has 0 saturated heterocycles. The largest absolute Gasteiger partial charge is 0.370 e. The molecule has 1 aromatic heterocycles. The molecule has 88 valence electrons. The molecule has 0 spiro atoms. The van der Waals surface area contributed by atoms with Gasteiger partial charge >= 0.3 is 0 Å². The minimum atomic E-state index is 0.490. The van der Waals surface area contributed by atoms with Gasteiger partial charge in [-0.15, -0.1) is 0 Å². The molecule has 17 heavy (non-hydrogen) atoms. The van der Waals surface area contributed by atoms with E-state index >= 15 is 0 Å². The van der Waals surface area contributed by atoms with Crippen LogP contribution in [0.5, 0.6) is 0 Å². The molecule has 1 aromatic carbocycles. The molecule has 1 atom stereocenters. The van der Waals surface area contributed by atoms with Crippen molar-refractivity contribution in [2.24, 2.45) is 0 Å². The highest BCUT2D eigenvalue weighted by Gasteiger charge is 2.18. The van der Waals surface area contributed by atoms with Gasteiger partial charge in [0.2, 0.25) is 0 Å². The van der Waals surface area contributed by atoms with Crippen LogP contribution >= 0.6 is 0 Å². The zero-order chi connectivity index (χ0) is 11.8. The van der Waals surface area contributed by atoms with E-state index in [1.807, 2.05) is 0 Å². The van der Waals surface area contributed by atoms with Crippen molar-refractivity contribution < 1.29 is 0 Å². The maximum atomic E-state index is 4.72. The highest BCUT2D eigenvalue weighted by molar-refractivity contribution is 5.66. The molecular weight excluding hydrogens is 210 g/mol. The van der Waals surface area contributed by atoms with Crippen molar-refractivity contribution in [1.29, 1.82) is 0 Å². The van der Waals surface area contributed by atoms with E-state index in [1.165, 1.54) is 11.1 Å². The summed E-state index contributed by atoms with van der Waals surface area (Å²) in [5.41, 5.74) is 3.57. The van der Waals surface area contributed by atoms with Crippen LogP contribution in [0.2, 0.25) is 0 Å². The fourth-order valence-corrected chi connectivity index (χ4v) is 2.39. The number of nitrogens with one attached hydrogen (secondary N) is 1. The Hall–Kier alpha value is -1.77. The molecule has 1 unspecified atom stereocenters. The maximum absolute atomic E-state index is 4.72. The van der Waals surface area contributed by atoms with Crippen molar-refractivity contribution in [3.63, 3.8) is 0 Å². The number of aryl methyl sites for hydroxylation is 1. The van der Waals surface area contributed by atoms with Crippen molar-refractivity contribution in [3.05, 3.63) is 35.9 Å². The standard InChI is InChI=1S/C14H17N3/c1-10-5-3-4-6-12(10)13-9-14-15-8-7-11(2)17(14)16-13/h3-6,9,11,15H,7-8H2,1-2H3. The van der Waals surface area contributed by atoms with Gasteiger partial charge in [-0.25, -0.2) is 4.68 Å². The number of anilines is 1. The van der Waals surface area contributed by atoms with E-state index in [0.29, 0.717) is 6.04 Å². The van der Waals surface area contributed by atoms with Crippen molar-refractivity contribution in [2.75, 3.05) is 11.9 Å². The van der Waals surface area contributed by atoms with Gasteiger partial charge in [0.1, 0.15) is 5.82 Å². The molecule has 3 rings (SSSR count). The minimum Gasteiger partial charge on any atom is -0.370 e. The summed E-state index contributed by atoms with van der Waals surface area (Å²) < 4.78 is 2.10. The van der Waals surface area contributed by atoms with Gasteiger partial charge in [-0.3, -0.25) is 0 Å². The molecule has 0 amide bonds. The second-order valence-electron chi connectivity index (χ2n) is 4.74. The van der Waals surface area contributed by atoms with Gasteiger partial charge in [0, 0.05) is 18.2 Å². The molecule has 2 aromatic rings. The zero-order valence-electron chi connectivity index (χ0n) is 10.3. The van der Waals surface area contributed by atoms with Crippen LogP contribution in [0.1, 0.15) is 24.9 Å². The summed E-state index contributed by atoms with van der Waals surface area (Å²) in [5.74, 6) is 1.14. The lowest BCUT2D eigenvalue weighted by Crippen LogP contribution is -2.21. The van der Waals surface area contributed by atoms with Crippen LogP contribution in [-0.4, -0.2) is 16.3 Å². The molecule has 1 N–H and O–H groups in total. The van der Waals surface area contributed by atoms with Crippen LogP contribution < -0.4 is 5.32 Å². The second kappa shape index (κ2) is 3.91. The van der Waals surface area contributed by atoms with Crippen LogP contribution in [0, 0.1) is 6.92 Å². The predicted molar refractivity (Wildman–Crippen MR) is 70.2 cm³/mol. The van der Waals surface area contributed by atoms with Crippen molar-refractivity contribution in [2.45, 2.75) is 26.3 Å². The Labute approximate surface area is 101 Å². The van der Waals surface area contributed by atoms with Crippen LogP contribution in [-0.2, 0) is 0 Å². The fraction of sp³-hybridized carbons (Fsp3) is 0.357. The number of hydrogen-bond acceptors (Lipinski definition) is 2. The van der Waals surface area contributed by atoms with E-state index in [4.69, 9.17) is 5.10 Å². The number of fused-ring (bicyclic) bond motifs is 1. The summed E-state index contributed by atoms with van der Waals surface area (Å²) in [6.07, 6.45) is 1.14. The summed E-state index contributed by atoms with van der Waals surface area (Å²) in [5, 5.41) is 8.12. The number of nitrogens with zero attached hydrogens (tertiary/aromatic N) is 2. The summed E-state index contributed by atoms with van der Waals surface area (Å²) in [4.78, 5) is 0. The first kappa shape index (κ1) is 10.4. The third kappa shape index (κ3) is 1.71. The molecule has 0 saturated carbocycles. The number of benzene rings is 1. The van der Waals surface area contributed by atoms with Gasteiger partial charge in [-0.2, -0.15) is 5.10 Å². The number of rotatable bonds is 1. The van der Waals surface area contributed by atoms with Gasteiger partial charge in [0.15, 0.2) is 0 Å². The van der Waals surface area contributed by atoms with E-state index in [0.717, 1.165) is 24.5 Å². The molecule has 0 aliphatic carbocycles. The highest BCUT2D eigenvalue weighted by atomic mass is 15.4. The first-order valence-corrected chi connectivity index (χ1v) is 6.15. The van der Waals surface area contributed by atoms with Crippen molar-refractivity contribution in [1.82, 2.24) is 9.78 Å². The molecule has 3 heteroatoms. The Kier molecular flexibility index (Phi) is 2.39. The van der Waals surface area contributed by atoms with Gasteiger partial charge in [-0.05, 0) is 25.8 Å². The molecule has 3 nitrogen and oxygen atoms in total. The lowest BCUT2D eigenvalue weighted by atomic mass is 10.1. The smallest absolute Gasteiger partial charge is 0.125 e. The molecule has 1 aliphatic heterocycles. The quantitative estimate of drug-likeness (QED) is 0.810. The summed E-state index contributed by atoms with van der Waals surface area (Å²) in [6.45, 7) is 5.39. The average Bonchev–Trinajstić information content (AvgIpc) is 2.75. The van der Waals surface area contributed by atoms with Crippen LogP contribution in [0.4, 0.5) is 5.82 Å². The Morgan fingerprint density at radius 2 is 2.18 bits per heavy atom. The Morgan fingerprint density at radius 1 is 1.35 bits per heavy atom. The number of aromatic nitrogens is 2. The predicted octanol–water partition coefficient (Wildman–Crippen LogP) is 3.24. The summed E-state index contributed by atoms with van der Waals surface area (Å²) in [6, 6.07) is 11.0. The van der Waals surface area contributed by atoms with E-state index < -0.39 is 0 Å². The highest BCUT2D eigenvalue weighted by Crippen LogP contribution is 2.29. The molecule has 0 fully saturated rings. The molecule has 2 heterocycles. The van der Waals surface area contributed by atoms with Crippen molar-refractivity contribution in [3.8, 4) is 11.3 Å². The maximum Gasteiger partial charge on any atom is 0.125 e. The second-order valence-corrected chi connectivity index (χ2v) is 4.74. The monoisotopic (exact) mass is 227 g/mol.